The molecule has 2 rings (SSSR count). The Morgan fingerprint density at radius 3 is 2.68 bits per heavy atom. The molecule has 7 heteroatoms. The third-order valence-electron chi connectivity index (χ3n) is 3.78. The predicted molar refractivity (Wildman–Crippen MR) is 73.2 cm³/mol. The zero-order valence-corrected chi connectivity index (χ0v) is 12.0. The molecule has 0 radical (unpaired) electrons. The van der Waals surface area contributed by atoms with Crippen LogP contribution in [0.2, 0.25) is 0 Å². The zero-order valence-electron chi connectivity index (χ0n) is 12.0. The number of amides is 1. The van der Waals surface area contributed by atoms with Gasteiger partial charge in [0.25, 0.3) is 0 Å². The Labute approximate surface area is 125 Å². The van der Waals surface area contributed by atoms with Crippen LogP contribution in [0.25, 0.3) is 0 Å². The first-order valence-electron chi connectivity index (χ1n) is 6.74. The first-order valence-corrected chi connectivity index (χ1v) is 6.74. The Hall–Kier alpha value is -2.05. The molecule has 3 nitrogen and oxygen atoms in total. The van der Waals surface area contributed by atoms with Crippen LogP contribution >= 0.6 is 0 Å². The minimum atomic E-state index is -4.76. The fourth-order valence-electron chi connectivity index (χ4n) is 2.57. The lowest BCUT2D eigenvalue weighted by Crippen LogP contribution is -2.35. The molecule has 1 amide bonds. The van der Waals surface area contributed by atoms with Gasteiger partial charge in [-0.1, -0.05) is 18.7 Å². The molecule has 1 unspecified atom stereocenters. The van der Waals surface area contributed by atoms with Crippen LogP contribution < -0.4 is 5.32 Å². The molecule has 0 aliphatic carbocycles. The van der Waals surface area contributed by atoms with Crippen molar-refractivity contribution in [2.24, 2.45) is 0 Å². The summed E-state index contributed by atoms with van der Waals surface area (Å²) >= 11 is 0. The summed E-state index contributed by atoms with van der Waals surface area (Å²) in [5, 5.41) is 2.78. The van der Waals surface area contributed by atoms with E-state index in [2.05, 4.69) is 11.9 Å². The molecular formula is C15H16F4N2O. The number of halogens is 4. The third-order valence-corrected chi connectivity index (χ3v) is 3.78. The van der Waals surface area contributed by atoms with Gasteiger partial charge in [-0.25, -0.2) is 4.39 Å². The molecule has 120 valence electrons. The number of carbonyl (C=O) groups is 1. The predicted octanol–water partition coefficient (Wildman–Crippen LogP) is 3.07. The van der Waals surface area contributed by atoms with Crippen molar-refractivity contribution >= 4 is 5.91 Å². The first kappa shape index (κ1) is 16.3. The van der Waals surface area contributed by atoms with E-state index in [0.29, 0.717) is 18.5 Å². The minimum Gasteiger partial charge on any atom is -0.383 e. The summed E-state index contributed by atoms with van der Waals surface area (Å²) in [5.41, 5.74) is -1.02. The first-order chi connectivity index (χ1) is 10.2. The van der Waals surface area contributed by atoms with Crippen LogP contribution in [0.5, 0.6) is 0 Å². The van der Waals surface area contributed by atoms with E-state index in [-0.39, 0.29) is 24.1 Å². The van der Waals surface area contributed by atoms with Gasteiger partial charge in [0.15, 0.2) is 0 Å². The van der Waals surface area contributed by atoms with Gasteiger partial charge in [0.05, 0.1) is 11.6 Å². The van der Waals surface area contributed by atoms with Crippen molar-refractivity contribution in [2.75, 3.05) is 7.05 Å². The highest BCUT2D eigenvalue weighted by Gasteiger charge is 2.36. The van der Waals surface area contributed by atoms with Crippen LogP contribution in [0.1, 0.15) is 24.0 Å². The summed E-state index contributed by atoms with van der Waals surface area (Å²) in [6.07, 6.45) is -3.81. The van der Waals surface area contributed by atoms with Crippen LogP contribution in [-0.2, 0) is 17.5 Å². The number of hydrogen-bond donors (Lipinski definition) is 1. The molecule has 0 bridgehead atoms. The van der Waals surface area contributed by atoms with Gasteiger partial charge in [0, 0.05) is 25.7 Å². The van der Waals surface area contributed by atoms with Crippen molar-refractivity contribution in [3.05, 3.63) is 47.4 Å². The molecular weight excluding hydrogens is 300 g/mol. The van der Waals surface area contributed by atoms with Gasteiger partial charge in [0.2, 0.25) is 5.91 Å². The Balaban J connectivity index is 2.11. The number of rotatable bonds is 4. The molecule has 0 aromatic heterocycles. The lowest BCUT2D eigenvalue weighted by atomic mass is 10.1. The Morgan fingerprint density at radius 2 is 2.14 bits per heavy atom. The summed E-state index contributed by atoms with van der Waals surface area (Å²) < 4.78 is 52.2. The van der Waals surface area contributed by atoms with Gasteiger partial charge < -0.3 is 10.2 Å². The third kappa shape index (κ3) is 3.23. The largest absolute Gasteiger partial charge is 0.419 e. The Morgan fingerprint density at radius 1 is 1.45 bits per heavy atom. The molecule has 1 saturated heterocycles. The number of carbonyl (C=O) groups excluding carboxylic acids is 1. The van der Waals surface area contributed by atoms with Crippen LogP contribution in [0.15, 0.2) is 30.5 Å². The van der Waals surface area contributed by atoms with Crippen molar-refractivity contribution in [2.45, 2.75) is 31.6 Å². The summed E-state index contributed by atoms with van der Waals surface area (Å²) in [6.45, 7) is 3.57. The van der Waals surface area contributed by atoms with Gasteiger partial charge >= 0.3 is 6.18 Å². The molecule has 1 aromatic rings. The molecule has 22 heavy (non-hydrogen) atoms. The Bertz CT molecular complexity index is 598. The zero-order chi connectivity index (χ0) is 16.5. The average Bonchev–Trinajstić information content (AvgIpc) is 2.75. The van der Waals surface area contributed by atoms with Crippen molar-refractivity contribution < 1.29 is 22.4 Å². The van der Waals surface area contributed by atoms with E-state index in [4.69, 9.17) is 0 Å². The topological polar surface area (TPSA) is 32.3 Å². The second-order valence-corrected chi connectivity index (χ2v) is 5.21. The second-order valence-electron chi connectivity index (χ2n) is 5.21. The molecule has 1 fully saturated rings. The molecule has 1 heterocycles. The minimum absolute atomic E-state index is 0.0327. The molecule has 1 aromatic carbocycles. The summed E-state index contributed by atoms with van der Waals surface area (Å²) in [7, 11) is 1.62. The molecule has 0 spiro atoms. The van der Waals surface area contributed by atoms with Crippen LogP contribution in [0.4, 0.5) is 17.6 Å². The fourth-order valence-corrected chi connectivity index (χ4v) is 2.57. The SMILES string of the molecule is C=C(NCc1cccc(F)c1C(F)(F)F)C1CCC(=O)N1C. The van der Waals surface area contributed by atoms with Gasteiger partial charge in [0.1, 0.15) is 5.82 Å². The van der Waals surface area contributed by atoms with Gasteiger partial charge in [-0.2, -0.15) is 13.2 Å². The van der Waals surface area contributed by atoms with Crippen LogP contribution in [-0.4, -0.2) is 23.9 Å². The van der Waals surface area contributed by atoms with Gasteiger partial charge in [-0.05, 0) is 18.1 Å². The average molecular weight is 316 g/mol. The number of likely N-dealkylation sites (N-methyl/N-ethyl adjacent to an activating group) is 1. The maximum atomic E-state index is 13.5. The van der Waals surface area contributed by atoms with E-state index < -0.39 is 17.6 Å². The highest BCUT2D eigenvalue weighted by atomic mass is 19.4. The number of likely N-dealkylation sites (tertiary alicyclic amines) is 1. The quantitative estimate of drug-likeness (QED) is 0.866. The lowest BCUT2D eigenvalue weighted by molar-refractivity contribution is -0.140. The molecule has 1 aliphatic heterocycles. The van der Waals surface area contributed by atoms with Crippen LogP contribution in [0.3, 0.4) is 0 Å². The normalized spacial score (nSPS) is 18.7. The van der Waals surface area contributed by atoms with Crippen molar-refractivity contribution in [1.29, 1.82) is 0 Å². The number of hydrogen-bond acceptors (Lipinski definition) is 2. The molecule has 1 atom stereocenters. The summed E-state index contributed by atoms with van der Waals surface area (Å²) in [5.74, 6) is -1.33. The molecule has 1 aliphatic rings. The van der Waals surface area contributed by atoms with E-state index in [0.717, 1.165) is 6.07 Å². The van der Waals surface area contributed by atoms with E-state index in [1.54, 1.807) is 7.05 Å². The monoisotopic (exact) mass is 316 g/mol. The Kier molecular flexibility index (Phi) is 4.44. The highest BCUT2D eigenvalue weighted by molar-refractivity contribution is 5.79. The maximum absolute atomic E-state index is 13.5. The molecule has 1 N–H and O–H groups in total. The van der Waals surface area contributed by atoms with Crippen LogP contribution in [0, 0.1) is 5.82 Å². The standard InChI is InChI=1S/C15H16F4N2O/c1-9(12-6-7-13(22)21(12)2)20-8-10-4-3-5-11(16)14(10)15(17,18)19/h3-5,12,20H,1,6-8H2,2H3. The van der Waals surface area contributed by atoms with E-state index in [1.807, 2.05) is 0 Å². The molecule has 0 saturated carbocycles. The van der Waals surface area contributed by atoms with Crippen molar-refractivity contribution in [3.8, 4) is 0 Å². The smallest absolute Gasteiger partial charge is 0.383 e. The van der Waals surface area contributed by atoms with Gasteiger partial charge in [-0.3, -0.25) is 4.79 Å². The number of nitrogens with one attached hydrogen (secondary N) is 1. The summed E-state index contributed by atoms with van der Waals surface area (Å²) in [4.78, 5) is 13.0. The van der Waals surface area contributed by atoms with Crippen molar-refractivity contribution in [3.63, 3.8) is 0 Å². The number of nitrogens with zero attached hydrogens (tertiary/aromatic N) is 1. The number of alkyl halides is 3. The van der Waals surface area contributed by atoms with Gasteiger partial charge in [-0.15, -0.1) is 0 Å². The fraction of sp³-hybridized carbons (Fsp3) is 0.400. The maximum Gasteiger partial charge on any atom is 0.419 e. The number of benzene rings is 1. The summed E-state index contributed by atoms with van der Waals surface area (Å²) in [6, 6.07) is 2.98. The highest BCUT2D eigenvalue weighted by Crippen LogP contribution is 2.34. The van der Waals surface area contributed by atoms with E-state index in [1.165, 1.54) is 17.0 Å². The van der Waals surface area contributed by atoms with E-state index >= 15 is 0 Å². The van der Waals surface area contributed by atoms with Crippen molar-refractivity contribution in [1.82, 2.24) is 10.2 Å². The second kappa shape index (κ2) is 5.98. The lowest BCUT2D eigenvalue weighted by Gasteiger charge is -2.24. The van der Waals surface area contributed by atoms with E-state index in [9.17, 15) is 22.4 Å².